The lowest BCUT2D eigenvalue weighted by atomic mass is 9.70. The Kier molecular flexibility index (Phi) is 5.53. The van der Waals surface area contributed by atoms with Crippen molar-refractivity contribution in [3.8, 4) is 0 Å². The zero-order valence-electron chi connectivity index (χ0n) is 14.1. The molecule has 2 heteroatoms. The molecule has 2 rings (SSSR count). The number of ether oxygens (including phenoxy) is 1. The smallest absolute Gasteiger partial charge is 0.0698 e. The SMILES string of the molecule is CCCNCCC1(OC2CC(C)CC(C)(C)C2)CCC1. The molecule has 2 nitrogen and oxygen atoms in total. The predicted octanol–water partition coefficient (Wildman–Crippen LogP) is 4.53. The standard InChI is InChI=1S/C18H35NO/c1-5-10-19-11-9-18(7-6-8-18)20-16-12-15(2)13-17(3,4)14-16/h15-16,19H,5-14H2,1-4H3. The van der Waals surface area contributed by atoms with Gasteiger partial charge in [0.15, 0.2) is 0 Å². The van der Waals surface area contributed by atoms with Crippen LogP contribution < -0.4 is 5.32 Å². The van der Waals surface area contributed by atoms with Crippen molar-refractivity contribution < 1.29 is 4.74 Å². The highest BCUT2D eigenvalue weighted by molar-refractivity contribution is 4.93. The molecule has 0 saturated heterocycles. The molecule has 0 spiro atoms. The molecule has 2 fully saturated rings. The summed E-state index contributed by atoms with van der Waals surface area (Å²) in [5.41, 5.74) is 0.687. The first-order chi connectivity index (χ1) is 9.45. The Morgan fingerprint density at radius 2 is 1.90 bits per heavy atom. The van der Waals surface area contributed by atoms with Gasteiger partial charge in [-0.2, -0.15) is 0 Å². The molecule has 2 aliphatic rings. The Morgan fingerprint density at radius 1 is 1.15 bits per heavy atom. The first kappa shape index (κ1) is 16.3. The lowest BCUT2D eigenvalue weighted by molar-refractivity contribution is -0.166. The quantitative estimate of drug-likeness (QED) is 0.692. The highest BCUT2D eigenvalue weighted by atomic mass is 16.5. The van der Waals surface area contributed by atoms with Crippen LogP contribution in [0.15, 0.2) is 0 Å². The van der Waals surface area contributed by atoms with Crippen LogP contribution in [0.4, 0.5) is 0 Å². The van der Waals surface area contributed by atoms with Crippen molar-refractivity contribution in [3.05, 3.63) is 0 Å². The van der Waals surface area contributed by atoms with E-state index >= 15 is 0 Å². The molecule has 0 aromatic carbocycles. The van der Waals surface area contributed by atoms with Gasteiger partial charge < -0.3 is 10.1 Å². The summed E-state index contributed by atoms with van der Waals surface area (Å²) < 4.78 is 6.66. The molecule has 0 bridgehead atoms. The Bertz CT molecular complexity index is 296. The van der Waals surface area contributed by atoms with E-state index in [0.717, 1.165) is 19.0 Å². The Labute approximate surface area is 126 Å². The monoisotopic (exact) mass is 281 g/mol. The van der Waals surface area contributed by atoms with Crippen LogP contribution in [-0.2, 0) is 4.74 Å². The van der Waals surface area contributed by atoms with E-state index in [1.165, 1.54) is 51.4 Å². The predicted molar refractivity (Wildman–Crippen MR) is 86.0 cm³/mol. The van der Waals surface area contributed by atoms with Crippen LogP contribution in [0.3, 0.4) is 0 Å². The minimum Gasteiger partial charge on any atom is -0.372 e. The number of nitrogens with one attached hydrogen (secondary N) is 1. The van der Waals surface area contributed by atoms with E-state index in [1.807, 2.05) is 0 Å². The Morgan fingerprint density at radius 3 is 2.45 bits per heavy atom. The topological polar surface area (TPSA) is 21.3 Å². The van der Waals surface area contributed by atoms with Gasteiger partial charge >= 0.3 is 0 Å². The van der Waals surface area contributed by atoms with Gasteiger partial charge in [-0.25, -0.2) is 0 Å². The van der Waals surface area contributed by atoms with E-state index in [0.29, 0.717) is 11.5 Å². The molecular weight excluding hydrogens is 246 g/mol. The van der Waals surface area contributed by atoms with Gasteiger partial charge in [0.05, 0.1) is 11.7 Å². The van der Waals surface area contributed by atoms with E-state index in [9.17, 15) is 0 Å². The van der Waals surface area contributed by atoms with Crippen molar-refractivity contribution in [2.75, 3.05) is 13.1 Å². The summed E-state index contributed by atoms with van der Waals surface area (Å²) in [6, 6.07) is 0. The summed E-state index contributed by atoms with van der Waals surface area (Å²) in [5.74, 6) is 0.819. The molecule has 0 aromatic heterocycles. The summed E-state index contributed by atoms with van der Waals surface area (Å²) in [7, 11) is 0. The highest BCUT2D eigenvalue weighted by Gasteiger charge is 2.42. The molecule has 0 heterocycles. The average Bonchev–Trinajstić information content (AvgIpc) is 2.28. The molecule has 0 aliphatic heterocycles. The molecule has 0 radical (unpaired) electrons. The van der Waals surface area contributed by atoms with Crippen LogP contribution in [0.2, 0.25) is 0 Å². The maximum Gasteiger partial charge on any atom is 0.0698 e. The third-order valence-corrected chi connectivity index (χ3v) is 5.21. The van der Waals surface area contributed by atoms with Crippen LogP contribution in [0.5, 0.6) is 0 Å². The first-order valence-electron chi connectivity index (χ1n) is 8.83. The Hall–Kier alpha value is -0.0800. The summed E-state index contributed by atoms with van der Waals surface area (Å²) in [5, 5.41) is 3.54. The van der Waals surface area contributed by atoms with Gasteiger partial charge in [-0.1, -0.05) is 27.7 Å². The molecule has 2 aliphatic carbocycles. The number of hydrogen-bond acceptors (Lipinski definition) is 2. The minimum absolute atomic E-state index is 0.221. The molecule has 0 aromatic rings. The maximum atomic E-state index is 6.66. The van der Waals surface area contributed by atoms with Crippen LogP contribution in [0.25, 0.3) is 0 Å². The third-order valence-electron chi connectivity index (χ3n) is 5.21. The molecular formula is C18H35NO. The minimum atomic E-state index is 0.221. The first-order valence-corrected chi connectivity index (χ1v) is 8.83. The lowest BCUT2D eigenvalue weighted by Crippen LogP contribution is -2.47. The van der Waals surface area contributed by atoms with E-state index in [-0.39, 0.29) is 5.60 Å². The van der Waals surface area contributed by atoms with Crippen LogP contribution in [-0.4, -0.2) is 24.8 Å². The van der Waals surface area contributed by atoms with Gasteiger partial charge in [0.25, 0.3) is 0 Å². The molecule has 2 atom stereocenters. The molecule has 1 N–H and O–H groups in total. The summed E-state index contributed by atoms with van der Waals surface area (Å²) >= 11 is 0. The zero-order valence-corrected chi connectivity index (χ0v) is 14.1. The van der Waals surface area contributed by atoms with Gasteiger partial charge in [-0.15, -0.1) is 0 Å². The van der Waals surface area contributed by atoms with Crippen LogP contribution in [0.1, 0.15) is 79.1 Å². The fraction of sp³-hybridized carbons (Fsp3) is 1.00. The highest BCUT2D eigenvalue weighted by Crippen LogP contribution is 2.45. The van der Waals surface area contributed by atoms with Gasteiger partial charge in [0.2, 0.25) is 0 Å². The second-order valence-corrected chi connectivity index (χ2v) is 8.19. The fourth-order valence-electron chi connectivity index (χ4n) is 4.32. The number of hydrogen-bond donors (Lipinski definition) is 1. The average molecular weight is 281 g/mol. The van der Waals surface area contributed by atoms with E-state index in [1.54, 1.807) is 0 Å². The molecule has 118 valence electrons. The molecule has 20 heavy (non-hydrogen) atoms. The van der Waals surface area contributed by atoms with Crippen molar-refractivity contribution in [1.29, 1.82) is 0 Å². The van der Waals surface area contributed by atoms with Gasteiger partial charge in [0.1, 0.15) is 0 Å². The third kappa shape index (κ3) is 4.46. The lowest BCUT2D eigenvalue weighted by Gasteiger charge is -2.48. The van der Waals surface area contributed by atoms with Gasteiger partial charge in [0, 0.05) is 0 Å². The summed E-state index contributed by atoms with van der Waals surface area (Å²) in [6.45, 7) is 11.7. The zero-order chi connectivity index (χ0) is 14.6. The molecule has 2 unspecified atom stereocenters. The van der Waals surface area contributed by atoms with Crippen molar-refractivity contribution in [2.24, 2.45) is 11.3 Å². The van der Waals surface area contributed by atoms with Crippen molar-refractivity contribution in [1.82, 2.24) is 5.32 Å². The summed E-state index contributed by atoms with van der Waals surface area (Å²) in [4.78, 5) is 0. The summed E-state index contributed by atoms with van der Waals surface area (Å²) in [6.07, 6.45) is 10.7. The molecule has 2 saturated carbocycles. The van der Waals surface area contributed by atoms with E-state index in [4.69, 9.17) is 4.74 Å². The second kappa shape index (κ2) is 6.79. The Balaban J connectivity index is 1.82. The van der Waals surface area contributed by atoms with Gasteiger partial charge in [-0.3, -0.25) is 0 Å². The van der Waals surface area contributed by atoms with Gasteiger partial charge in [-0.05, 0) is 75.8 Å². The number of rotatable bonds is 7. The second-order valence-electron chi connectivity index (χ2n) is 8.19. The molecule has 0 amide bonds. The van der Waals surface area contributed by atoms with Crippen molar-refractivity contribution >= 4 is 0 Å². The maximum absolute atomic E-state index is 6.66. The van der Waals surface area contributed by atoms with Crippen LogP contribution in [0, 0.1) is 11.3 Å². The van der Waals surface area contributed by atoms with Crippen LogP contribution >= 0.6 is 0 Å². The normalized spacial score (nSPS) is 31.8. The van der Waals surface area contributed by atoms with E-state index < -0.39 is 0 Å². The largest absolute Gasteiger partial charge is 0.372 e. The van der Waals surface area contributed by atoms with Crippen molar-refractivity contribution in [3.63, 3.8) is 0 Å². The van der Waals surface area contributed by atoms with E-state index in [2.05, 4.69) is 33.0 Å². The fourth-order valence-corrected chi connectivity index (χ4v) is 4.32. The van der Waals surface area contributed by atoms with Crippen molar-refractivity contribution in [2.45, 2.75) is 90.8 Å².